The largest absolute Gasteiger partial charge is 0.343 e. The predicted octanol–water partition coefficient (Wildman–Crippen LogP) is 4.16. The molecule has 4 rings (SSSR count). The molecule has 2 fully saturated rings. The molecule has 1 aromatic heterocycles. The van der Waals surface area contributed by atoms with Crippen molar-refractivity contribution >= 4 is 45.6 Å². The van der Waals surface area contributed by atoms with Crippen LogP contribution in [0.5, 0.6) is 0 Å². The van der Waals surface area contributed by atoms with Crippen molar-refractivity contribution in [3.63, 3.8) is 0 Å². The third-order valence-corrected chi connectivity index (χ3v) is 6.20. The maximum atomic E-state index is 13.0. The number of nitrogens with one attached hydrogen (secondary N) is 1. The minimum Gasteiger partial charge on any atom is -0.343 e. The van der Waals surface area contributed by atoms with E-state index in [1.165, 1.54) is 11.3 Å². The molecule has 1 N–H and O–H groups in total. The molecule has 0 radical (unpaired) electrons. The molecule has 1 aliphatic carbocycles. The van der Waals surface area contributed by atoms with Gasteiger partial charge in [0.1, 0.15) is 5.69 Å². The van der Waals surface area contributed by atoms with Gasteiger partial charge in [0.05, 0.1) is 10.7 Å². The Kier molecular flexibility index (Phi) is 5.82. The second-order valence-corrected chi connectivity index (χ2v) is 8.48. The van der Waals surface area contributed by atoms with Crippen molar-refractivity contribution in [3.05, 3.63) is 40.4 Å². The van der Waals surface area contributed by atoms with E-state index in [1.54, 1.807) is 11.4 Å². The lowest BCUT2D eigenvalue weighted by molar-refractivity contribution is -0.130. The van der Waals surface area contributed by atoms with E-state index in [0.29, 0.717) is 28.8 Å². The first-order valence-electron chi connectivity index (χ1n) is 9.67. The van der Waals surface area contributed by atoms with Crippen molar-refractivity contribution in [1.29, 1.82) is 0 Å². The number of amides is 2. The average molecular weight is 419 g/mol. The van der Waals surface area contributed by atoms with Gasteiger partial charge in [-0.2, -0.15) is 0 Å². The third-order valence-electron chi connectivity index (χ3n) is 5.11. The predicted molar refractivity (Wildman–Crippen MR) is 111 cm³/mol. The lowest BCUT2D eigenvalue weighted by Crippen LogP contribution is -2.37. The molecule has 2 aromatic rings. The van der Waals surface area contributed by atoms with Crippen LogP contribution in [0.2, 0.25) is 5.02 Å². The second-order valence-electron chi connectivity index (χ2n) is 7.21. The van der Waals surface area contributed by atoms with Crippen LogP contribution in [0.1, 0.15) is 42.6 Å². The molecule has 1 saturated carbocycles. The summed E-state index contributed by atoms with van der Waals surface area (Å²) in [6, 6.07) is 7.66. The van der Waals surface area contributed by atoms with Gasteiger partial charge in [-0.25, -0.2) is 4.98 Å². The second kappa shape index (κ2) is 8.49. The fraction of sp³-hybridized carbons (Fsp3) is 0.450. The summed E-state index contributed by atoms with van der Waals surface area (Å²) in [4.78, 5) is 33.5. The molecule has 2 aliphatic rings. The minimum atomic E-state index is -0.0971. The Labute approximate surface area is 173 Å². The highest BCUT2D eigenvalue weighted by Crippen LogP contribution is 2.31. The summed E-state index contributed by atoms with van der Waals surface area (Å²) < 4.78 is 0. The van der Waals surface area contributed by atoms with Crippen molar-refractivity contribution < 1.29 is 9.59 Å². The highest BCUT2D eigenvalue weighted by molar-refractivity contribution is 7.14. The van der Waals surface area contributed by atoms with E-state index < -0.39 is 0 Å². The van der Waals surface area contributed by atoms with Gasteiger partial charge in [0.15, 0.2) is 5.13 Å². The molecule has 6 nitrogen and oxygen atoms in total. The number of halogens is 1. The molecular formula is C20H23ClN4O2S. The topological polar surface area (TPSA) is 65.5 Å². The zero-order valence-corrected chi connectivity index (χ0v) is 17.1. The summed E-state index contributed by atoms with van der Waals surface area (Å²) in [7, 11) is 0. The fourth-order valence-electron chi connectivity index (χ4n) is 3.43. The molecule has 1 aromatic carbocycles. The van der Waals surface area contributed by atoms with E-state index in [2.05, 4.69) is 10.3 Å². The van der Waals surface area contributed by atoms with Gasteiger partial charge < -0.3 is 15.1 Å². The number of carbonyl (C=O) groups is 2. The lowest BCUT2D eigenvalue weighted by Gasteiger charge is -2.23. The van der Waals surface area contributed by atoms with Crippen molar-refractivity contribution in [3.8, 4) is 0 Å². The van der Waals surface area contributed by atoms with Crippen molar-refractivity contribution in [2.24, 2.45) is 0 Å². The monoisotopic (exact) mass is 418 g/mol. The molecule has 0 unspecified atom stereocenters. The van der Waals surface area contributed by atoms with Crippen molar-refractivity contribution in [2.45, 2.75) is 38.1 Å². The third kappa shape index (κ3) is 4.47. The Balaban J connectivity index is 1.39. The van der Waals surface area contributed by atoms with Gasteiger partial charge in [0.2, 0.25) is 5.91 Å². The molecule has 0 spiro atoms. The zero-order chi connectivity index (χ0) is 19.5. The van der Waals surface area contributed by atoms with Crippen LogP contribution in [0.4, 0.5) is 10.8 Å². The van der Waals surface area contributed by atoms with E-state index in [-0.39, 0.29) is 17.9 Å². The maximum Gasteiger partial charge on any atom is 0.273 e. The lowest BCUT2D eigenvalue weighted by atomic mass is 10.3. The summed E-state index contributed by atoms with van der Waals surface area (Å²) in [5.74, 6) is 0.0514. The van der Waals surface area contributed by atoms with E-state index in [0.717, 1.165) is 44.5 Å². The summed E-state index contributed by atoms with van der Waals surface area (Å²) in [6.45, 7) is 2.16. The summed E-state index contributed by atoms with van der Waals surface area (Å²) in [6.07, 6.45) is 4.54. The van der Waals surface area contributed by atoms with E-state index in [1.807, 2.05) is 28.0 Å². The Morgan fingerprint density at radius 3 is 2.71 bits per heavy atom. The minimum absolute atomic E-state index is 0.0971. The van der Waals surface area contributed by atoms with Crippen LogP contribution in [0.15, 0.2) is 29.6 Å². The SMILES string of the molecule is O=C(CCN(C(=O)c1csc(Nc2ccccc2Cl)n1)C1CC1)N1CCCC1. The molecule has 1 saturated heterocycles. The average Bonchev–Trinajstić information content (AvgIpc) is 3.19. The summed E-state index contributed by atoms with van der Waals surface area (Å²) in [5.41, 5.74) is 1.17. The molecule has 148 valence electrons. The molecule has 2 amide bonds. The van der Waals surface area contributed by atoms with Gasteiger partial charge in [-0.15, -0.1) is 11.3 Å². The smallest absolute Gasteiger partial charge is 0.273 e. The zero-order valence-electron chi connectivity index (χ0n) is 15.6. The molecule has 0 bridgehead atoms. The molecule has 1 aliphatic heterocycles. The van der Waals surface area contributed by atoms with Crippen LogP contribution in [0.25, 0.3) is 0 Å². The number of hydrogen-bond acceptors (Lipinski definition) is 5. The number of likely N-dealkylation sites (tertiary alicyclic amines) is 1. The number of anilines is 2. The molecule has 8 heteroatoms. The number of rotatable bonds is 7. The number of benzene rings is 1. The summed E-state index contributed by atoms with van der Waals surface area (Å²) >= 11 is 7.54. The number of para-hydroxylation sites is 1. The maximum absolute atomic E-state index is 13.0. The number of carbonyl (C=O) groups excluding carboxylic acids is 2. The molecule has 28 heavy (non-hydrogen) atoms. The normalized spacial score (nSPS) is 16.2. The molecule has 2 heterocycles. The van der Waals surface area contributed by atoms with E-state index in [9.17, 15) is 9.59 Å². The first-order chi connectivity index (χ1) is 13.6. The number of hydrogen-bond donors (Lipinski definition) is 1. The van der Waals surface area contributed by atoms with Crippen LogP contribution < -0.4 is 5.32 Å². The van der Waals surface area contributed by atoms with Gasteiger partial charge in [0.25, 0.3) is 5.91 Å². The highest BCUT2D eigenvalue weighted by Gasteiger charge is 2.34. The Morgan fingerprint density at radius 1 is 1.25 bits per heavy atom. The van der Waals surface area contributed by atoms with E-state index in [4.69, 9.17) is 11.6 Å². The van der Waals surface area contributed by atoms with Crippen molar-refractivity contribution in [2.75, 3.05) is 25.0 Å². The van der Waals surface area contributed by atoms with Gasteiger partial charge in [-0.1, -0.05) is 23.7 Å². The van der Waals surface area contributed by atoms with E-state index >= 15 is 0 Å². The number of thiazole rings is 1. The van der Waals surface area contributed by atoms with Gasteiger partial charge >= 0.3 is 0 Å². The van der Waals surface area contributed by atoms with Crippen LogP contribution in [-0.4, -0.2) is 52.3 Å². The van der Waals surface area contributed by atoms with Gasteiger partial charge in [-0.05, 0) is 37.8 Å². The standard InChI is InChI=1S/C20H23ClN4O2S/c21-15-5-1-2-6-16(15)22-20-23-17(13-28-20)19(27)25(14-7-8-14)12-9-18(26)24-10-3-4-11-24/h1-2,5-6,13-14H,3-4,7-12H2,(H,22,23). The highest BCUT2D eigenvalue weighted by atomic mass is 35.5. The van der Waals surface area contributed by atoms with Crippen LogP contribution in [0, 0.1) is 0 Å². The Bertz CT molecular complexity index is 861. The van der Waals surface area contributed by atoms with Crippen LogP contribution in [-0.2, 0) is 4.79 Å². The van der Waals surface area contributed by atoms with Crippen LogP contribution in [0.3, 0.4) is 0 Å². The fourth-order valence-corrected chi connectivity index (χ4v) is 4.31. The van der Waals surface area contributed by atoms with Crippen LogP contribution >= 0.6 is 22.9 Å². The Hall–Kier alpha value is -2.12. The number of nitrogens with zero attached hydrogens (tertiary/aromatic N) is 3. The Morgan fingerprint density at radius 2 is 2.00 bits per heavy atom. The first-order valence-corrected chi connectivity index (χ1v) is 10.9. The molecule has 0 atom stereocenters. The van der Waals surface area contributed by atoms with Crippen molar-refractivity contribution in [1.82, 2.24) is 14.8 Å². The van der Waals surface area contributed by atoms with Gasteiger partial charge in [0, 0.05) is 37.5 Å². The quantitative estimate of drug-likeness (QED) is 0.733. The van der Waals surface area contributed by atoms with Gasteiger partial charge in [-0.3, -0.25) is 9.59 Å². The number of aromatic nitrogens is 1. The molecular weight excluding hydrogens is 396 g/mol. The summed E-state index contributed by atoms with van der Waals surface area (Å²) in [5, 5.41) is 6.15. The first kappa shape index (κ1) is 19.2.